The van der Waals surface area contributed by atoms with Gasteiger partial charge in [0.25, 0.3) is 5.91 Å². The fourth-order valence-corrected chi connectivity index (χ4v) is 1.34. The van der Waals surface area contributed by atoms with Gasteiger partial charge in [-0.1, -0.05) is 5.21 Å². The van der Waals surface area contributed by atoms with Gasteiger partial charge >= 0.3 is 0 Å². The monoisotopic (exact) mass is 247 g/mol. The van der Waals surface area contributed by atoms with E-state index in [1.54, 1.807) is 17.1 Å². The van der Waals surface area contributed by atoms with Gasteiger partial charge in [-0.25, -0.2) is 9.97 Å². The third kappa shape index (κ3) is 3.24. The predicted molar refractivity (Wildman–Crippen MR) is 63.4 cm³/mol. The molecule has 8 heteroatoms. The summed E-state index contributed by atoms with van der Waals surface area (Å²) in [6, 6.07) is 0. The fourth-order valence-electron chi connectivity index (χ4n) is 1.34. The Hall–Kier alpha value is -2.51. The van der Waals surface area contributed by atoms with E-state index < -0.39 is 0 Å². The van der Waals surface area contributed by atoms with Crippen LogP contribution in [0.3, 0.4) is 0 Å². The van der Waals surface area contributed by atoms with Gasteiger partial charge in [-0.2, -0.15) is 0 Å². The summed E-state index contributed by atoms with van der Waals surface area (Å²) in [4.78, 5) is 19.3. The van der Waals surface area contributed by atoms with Crippen LogP contribution in [0.25, 0.3) is 0 Å². The normalized spacial score (nSPS) is 10.2. The molecule has 0 radical (unpaired) electrons. The van der Waals surface area contributed by atoms with E-state index >= 15 is 0 Å². The van der Waals surface area contributed by atoms with E-state index in [1.807, 2.05) is 0 Å². The highest BCUT2D eigenvalue weighted by atomic mass is 16.1. The van der Waals surface area contributed by atoms with Crippen molar-refractivity contribution in [1.29, 1.82) is 0 Å². The molecule has 0 saturated carbocycles. The van der Waals surface area contributed by atoms with Crippen LogP contribution in [0.2, 0.25) is 0 Å². The maximum absolute atomic E-state index is 11.6. The van der Waals surface area contributed by atoms with E-state index in [2.05, 4.69) is 25.6 Å². The number of nitrogens with two attached hydrogens (primary N) is 1. The van der Waals surface area contributed by atoms with Crippen molar-refractivity contribution in [2.24, 2.45) is 0 Å². The van der Waals surface area contributed by atoms with Gasteiger partial charge in [0.2, 0.25) is 0 Å². The minimum atomic E-state index is -0.263. The molecule has 1 amide bonds. The average Bonchev–Trinajstić information content (AvgIpc) is 2.88. The summed E-state index contributed by atoms with van der Waals surface area (Å²) < 4.78 is 1.70. The molecule has 8 nitrogen and oxygen atoms in total. The van der Waals surface area contributed by atoms with Crippen LogP contribution < -0.4 is 11.1 Å². The zero-order valence-electron chi connectivity index (χ0n) is 9.65. The number of carbonyl (C=O) groups is 1. The minimum absolute atomic E-state index is 0.255. The molecule has 18 heavy (non-hydrogen) atoms. The molecule has 3 N–H and O–H groups in total. The van der Waals surface area contributed by atoms with Crippen LogP contribution in [0.15, 0.2) is 24.8 Å². The number of rotatable bonds is 5. The molecule has 0 saturated heterocycles. The van der Waals surface area contributed by atoms with Crippen molar-refractivity contribution < 1.29 is 4.79 Å². The van der Waals surface area contributed by atoms with Crippen LogP contribution >= 0.6 is 0 Å². The highest BCUT2D eigenvalue weighted by Crippen LogP contribution is 1.96. The molecule has 0 aliphatic rings. The Morgan fingerprint density at radius 1 is 1.39 bits per heavy atom. The van der Waals surface area contributed by atoms with Crippen LogP contribution in [0, 0.1) is 0 Å². The van der Waals surface area contributed by atoms with E-state index in [0.29, 0.717) is 13.1 Å². The SMILES string of the molecule is Nc1cnc(C(=O)NCCCn2ccnn2)cn1. The highest BCUT2D eigenvalue weighted by molar-refractivity contribution is 5.91. The van der Waals surface area contributed by atoms with Gasteiger partial charge in [0.1, 0.15) is 11.5 Å². The summed E-state index contributed by atoms with van der Waals surface area (Å²) in [5.41, 5.74) is 5.64. The molecule has 0 atom stereocenters. The number of anilines is 1. The number of hydrogen-bond acceptors (Lipinski definition) is 6. The van der Waals surface area contributed by atoms with Crippen molar-refractivity contribution in [3.05, 3.63) is 30.5 Å². The van der Waals surface area contributed by atoms with Crippen molar-refractivity contribution in [2.75, 3.05) is 12.3 Å². The van der Waals surface area contributed by atoms with Crippen molar-refractivity contribution >= 4 is 11.7 Å². The summed E-state index contributed by atoms with van der Waals surface area (Å²) in [6.45, 7) is 1.23. The van der Waals surface area contributed by atoms with Crippen molar-refractivity contribution in [3.63, 3.8) is 0 Å². The number of nitrogen functional groups attached to an aromatic ring is 1. The maximum atomic E-state index is 11.6. The van der Waals surface area contributed by atoms with Gasteiger partial charge in [-0.15, -0.1) is 5.10 Å². The first-order valence-electron chi connectivity index (χ1n) is 5.45. The Balaban J connectivity index is 1.73. The number of nitrogens with one attached hydrogen (secondary N) is 1. The summed E-state index contributed by atoms with van der Waals surface area (Å²) in [7, 11) is 0. The number of nitrogens with zero attached hydrogens (tertiary/aromatic N) is 5. The summed E-state index contributed by atoms with van der Waals surface area (Å²) >= 11 is 0. The number of aryl methyl sites for hydroxylation is 1. The van der Waals surface area contributed by atoms with Gasteiger partial charge < -0.3 is 11.1 Å². The molecule has 2 heterocycles. The first-order valence-corrected chi connectivity index (χ1v) is 5.45. The zero-order chi connectivity index (χ0) is 12.8. The van der Waals surface area contributed by atoms with E-state index in [-0.39, 0.29) is 17.4 Å². The third-order valence-electron chi connectivity index (χ3n) is 2.23. The molecule has 0 aliphatic carbocycles. The quantitative estimate of drug-likeness (QED) is 0.687. The smallest absolute Gasteiger partial charge is 0.271 e. The molecule has 0 spiro atoms. The number of aromatic nitrogens is 5. The van der Waals surface area contributed by atoms with Crippen molar-refractivity contribution in [2.45, 2.75) is 13.0 Å². The Bertz CT molecular complexity index is 493. The first kappa shape index (κ1) is 12.0. The molecule has 2 rings (SSSR count). The number of carbonyl (C=O) groups excluding carboxylic acids is 1. The minimum Gasteiger partial charge on any atom is -0.382 e. The lowest BCUT2D eigenvalue weighted by Gasteiger charge is -2.04. The van der Waals surface area contributed by atoms with E-state index in [4.69, 9.17) is 5.73 Å². The topological polar surface area (TPSA) is 112 Å². The second kappa shape index (κ2) is 5.71. The molecule has 0 aliphatic heterocycles. The lowest BCUT2D eigenvalue weighted by atomic mass is 10.3. The molecule has 0 fully saturated rings. The standard InChI is InChI=1S/C10H13N7O/c11-9-7-13-8(6-14-9)10(18)12-2-1-4-17-5-3-15-16-17/h3,5-7H,1-2,4H2,(H2,11,14)(H,12,18). The van der Waals surface area contributed by atoms with E-state index in [9.17, 15) is 4.79 Å². The second-order valence-electron chi connectivity index (χ2n) is 3.60. The molecular weight excluding hydrogens is 234 g/mol. The van der Waals surface area contributed by atoms with Gasteiger partial charge in [0, 0.05) is 19.3 Å². The molecular formula is C10H13N7O. The maximum Gasteiger partial charge on any atom is 0.271 e. The molecule has 0 unspecified atom stereocenters. The van der Waals surface area contributed by atoms with Gasteiger partial charge in [0.15, 0.2) is 0 Å². The first-order chi connectivity index (χ1) is 8.75. The van der Waals surface area contributed by atoms with Crippen LogP contribution in [0.4, 0.5) is 5.82 Å². The van der Waals surface area contributed by atoms with Crippen molar-refractivity contribution in [1.82, 2.24) is 30.3 Å². The molecule has 0 bridgehead atoms. The average molecular weight is 247 g/mol. The largest absolute Gasteiger partial charge is 0.382 e. The molecule has 2 aromatic rings. The van der Waals surface area contributed by atoms with Crippen LogP contribution in [-0.2, 0) is 6.54 Å². The summed E-state index contributed by atoms with van der Waals surface area (Å²) in [6.07, 6.45) is 6.85. The predicted octanol–water partition coefficient (Wildman–Crippen LogP) is -0.530. The summed E-state index contributed by atoms with van der Waals surface area (Å²) in [5.74, 6) is 0.0267. The third-order valence-corrected chi connectivity index (χ3v) is 2.23. The lowest BCUT2D eigenvalue weighted by molar-refractivity contribution is 0.0947. The lowest BCUT2D eigenvalue weighted by Crippen LogP contribution is -2.26. The van der Waals surface area contributed by atoms with Crippen molar-refractivity contribution in [3.8, 4) is 0 Å². The molecule has 94 valence electrons. The highest BCUT2D eigenvalue weighted by Gasteiger charge is 2.06. The molecule has 2 aromatic heterocycles. The van der Waals surface area contributed by atoms with Gasteiger partial charge in [-0.3, -0.25) is 9.48 Å². The van der Waals surface area contributed by atoms with E-state index in [0.717, 1.165) is 6.42 Å². The van der Waals surface area contributed by atoms with Crippen LogP contribution in [-0.4, -0.2) is 37.4 Å². The fraction of sp³-hybridized carbons (Fsp3) is 0.300. The molecule has 0 aromatic carbocycles. The zero-order valence-corrected chi connectivity index (χ0v) is 9.65. The Morgan fingerprint density at radius 3 is 2.94 bits per heavy atom. The Labute approximate surface area is 103 Å². The number of hydrogen-bond donors (Lipinski definition) is 2. The van der Waals surface area contributed by atoms with Crippen LogP contribution in [0.1, 0.15) is 16.9 Å². The number of amides is 1. The second-order valence-corrected chi connectivity index (χ2v) is 3.60. The van der Waals surface area contributed by atoms with E-state index in [1.165, 1.54) is 12.4 Å². The summed E-state index contributed by atoms with van der Waals surface area (Å²) in [5, 5.41) is 10.2. The Morgan fingerprint density at radius 2 is 2.28 bits per heavy atom. The van der Waals surface area contributed by atoms with Gasteiger partial charge in [-0.05, 0) is 6.42 Å². The van der Waals surface area contributed by atoms with Gasteiger partial charge in [0.05, 0.1) is 18.6 Å². The van der Waals surface area contributed by atoms with Crippen LogP contribution in [0.5, 0.6) is 0 Å². The Kier molecular flexibility index (Phi) is 3.79.